The fourth-order valence-electron chi connectivity index (χ4n) is 2.34. The smallest absolute Gasteiger partial charge is 0.253 e. The van der Waals surface area contributed by atoms with Crippen molar-refractivity contribution >= 4 is 16.8 Å². The van der Waals surface area contributed by atoms with Gasteiger partial charge < -0.3 is 15.6 Å². The van der Waals surface area contributed by atoms with Gasteiger partial charge in [0, 0.05) is 41.8 Å². The van der Waals surface area contributed by atoms with Gasteiger partial charge in [-0.1, -0.05) is 0 Å². The highest BCUT2D eigenvalue weighted by atomic mass is 16.2. The molecular formula is C13H15N3O. The molecule has 88 valence electrons. The van der Waals surface area contributed by atoms with Crippen LogP contribution in [-0.4, -0.2) is 34.9 Å². The van der Waals surface area contributed by atoms with Gasteiger partial charge in [0.15, 0.2) is 0 Å². The van der Waals surface area contributed by atoms with Crippen LogP contribution in [0.3, 0.4) is 0 Å². The Labute approximate surface area is 99.4 Å². The lowest BCUT2D eigenvalue weighted by molar-refractivity contribution is 0.0791. The Balaban J connectivity index is 1.89. The van der Waals surface area contributed by atoms with Crippen LogP contribution in [0.2, 0.25) is 0 Å². The summed E-state index contributed by atoms with van der Waals surface area (Å²) in [7, 11) is 0. The molecule has 1 aliphatic heterocycles. The summed E-state index contributed by atoms with van der Waals surface area (Å²) in [6, 6.07) is 7.85. The van der Waals surface area contributed by atoms with Crippen LogP contribution in [0.5, 0.6) is 0 Å². The molecule has 4 heteroatoms. The molecule has 0 unspecified atom stereocenters. The highest BCUT2D eigenvalue weighted by Gasteiger charge is 2.24. The second-order valence-corrected chi connectivity index (χ2v) is 4.58. The lowest BCUT2D eigenvalue weighted by Crippen LogP contribution is -2.31. The number of nitrogens with two attached hydrogens (primary N) is 1. The van der Waals surface area contributed by atoms with Gasteiger partial charge in [-0.2, -0.15) is 0 Å². The zero-order chi connectivity index (χ0) is 11.8. The normalized spacial score (nSPS) is 20.1. The van der Waals surface area contributed by atoms with Crippen molar-refractivity contribution in [2.45, 2.75) is 12.5 Å². The van der Waals surface area contributed by atoms with Crippen molar-refractivity contribution in [1.82, 2.24) is 9.88 Å². The summed E-state index contributed by atoms with van der Waals surface area (Å²) >= 11 is 0. The summed E-state index contributed by atoms with van der Waals surface area (Å²) in [5.41, 5.74) is 7.61. The predicted octanol–water partition coefficient (Wildman–Crippen LogP) is 1.34. The van der Waals surface area contributed by atoms with Gasteiger partial charge in [0.1, 0.15) is 0 Å². The zero-order valence-electron chi connectivity index (χ0n) is 9.52. The van der Waals surface area contributed by atoms with Gasteiger partial charge in [-0.3, -0.25) is 4.79 Å². The Morgan fingerprint density at radius 2 is 2.29 bits per heavy atom. The lowest BCUT2D eigenvalue weighted by atomic mass is 10.1. The molecule has 1 aliphatic rings. The maximum absolute atomic E-state index is 12.2. The fourth-order valence-corrected chi connectivity index (χ4v) is 2.34. The first kappa shape index (κ1) is 10.4. The molecule has 1 atom stereocenters. The van der Waals surface area contributed by atoms with Crippen LogP contribution < -0.4 is 5.73 Å². The van der Waals surface area contributed by atoms with Gasteiger partial charge in [-0.25, -0.2) is 0 Å². The Bertz CT molecular complexity index is 561. The number of hydrogen-bond acceptors (Lipinski definition) is 2. The van der Waals surface area contributed by atoms with Crippen LogP contribution in [-0.2, 0) is 0 Å². The van der Waals surface area contributed by atoms with E-state index in [4.69, 9.17) is 5.73 Å². The summed E-state index contributed by atoms with van der Waals surface area (Å²) in [6.07, 6.45) is 2.78. The summed E-state index contributed by atoms with van der Waals surface area (Å²) in [5.74, 6) is 0.0843. The van der Waals surface area contributed by atoms with E-state index in [9.17, 15) is 4.79 Å². The predicted molar refractivity (Wildman–Crippen MR) is 66.8 cm³/mol. The highest BCUT2D eigenvalue weighted by Crippen LogP contribution is 2.17. The van der Waals surface area contributed by atoms with Crippen molar-refractivity contribution in [3.8, 4) is 0 Å². The molecule has 3 rings (SSSR count). The van der Waals surface area contributed by atoms with Crippen LogP contribution in [0.4, 0.5) is 0 Å². The Kier molecular flexibility index (Phi) is 2.37. The fraction of sp³-hybridized carbons (Fsp3) is 0.308. The minimum absolute atomic E-state index is 0.0843. The van der Waals surface area contributed by atoms with E-state index in [1.807, 2.05) is 35.4 Å². The van der Waals surface area contributed by atoms with Crippen molar-refractivity contribution in [2.75, 3.05) is 13.1 Å². The van der Waals surface area contributed by atoms with Gasteiger partial charge >= 0.3 is 0 Å². The summed E-state index contributed by atoms with van der Waals surface area (Å²) < 4.78 is 0. The number of aromatic nitrogens is 1. The number of carbonyl (C=O) groups is 1. The number of benzene rings is 1. The largest absolute Gasteiger partial charge is 0.361 e. The minimum Gasteiger partial charge on any atom is -0.361 e. The van der Waals surface area contributed by atoms with Gasteiger partial charge in [0.2, 0.25) is 0 Å². The third-order valence-corrected chi connectivity index (χ3v) is 3.31. The molecule has 0 aliphatic carbocycles. The third-order valence-electron chi connectivity index (χ3n) is 3.31. The van der Waals surface area contributed by atoms with E-state index in [2.05, 4.69) is 4.98 Å². The molecular weight excluding hydrogens is 214 g/mol. The average molecular weight is 229 g/mol. The molecule has 2 heterocycles. The van der Waals surface area contributed by atoms with Crippen LogP contribution in [0.1, 0.15) is 16.8 Å². The topological polar surface area (TPSA) is 62.1 Å². The van der Waals surface area contributed by atoms with E-state index >= 15 is 0 Å². The number of fused-ring (bicyclic) bond motifs is 1. The molecule has 17 heavy (non-hydrogen) atoms. The van der Waals surface area contributed by atoms with Gasteiger partial charge in [0.25, 0.3) is 5.91 Å². The number of carbonyl (C=O) groups excluding carboxylic acids is 1. The summed E-state index contributed by atoms with van der Waals surface area (Å²) in [5, 5.41) is 1.07. The third kappa shape index (κ3) is 1.80. The highest BCUT2D eigenvalue weighted by molar-refractivity contribution is 5.98. The first-order valence-electron chi connectivity index (χ1n) is 5.86. The van der Waals surface area contributed by atoms with E-state index in [-0.39, 0.29) is 11.9 Å². The molecule has 3 N–H and O–H groups in total. The SMILES string of the molecule is N[C@@H]1CCN(C(=O)c2ccc3[nH]ccc3c2)C1. The van der Waals surface area contributed by atoms with Crippen molar-refractivity contribution in [3.05, 3.63) is 36.0 Å². The standard InChI is InChI=1S/C13H15N3O/c14-11-4-6-16(8-11)13(17)10-1-2-12-9(7-10)3-5-15-12/h1-3,5,7,11,15H,4,6,8,14H2/t11-/m1/s1. The molecule has 0 bridgehead atoms. The number of hydrogen-bond donors (Lipinski definition) is 2. The first-order valence-corrected chi connectivity index (χ1v) is 5.86. The number of likely N-dealkylation sites (tertiary alicyclic amines) is 1. The maximum atomic E-state index is 12.2. The van der Waals surface area contributed by atoms with Gasteiger partial charge in [-0.15, -0.1) is 0 Å². The average Bonchev–Trinajstić information content (AvgIpc) is 2.95. The monoisotopic (exact) mass is 229 g/mol. The number of amides is 1. The molecule has 1 amide bonds. The summed E-state index contributed by atoms with van der Waals surface area (Å²) in [4.78, 5) is 17.2. The van der Waals surface area contributed by atoms with Crippen molar-refractivity contribution in [3.63, 3.8) is 0 Å². The van der Waals surface area contributed by atoms with Crippen LogP contribution in [0, 0.1) is 0 Å². The lowest BCUT2D eigenvalue weighted by Gasteiger charge is -2.15. The van der Waals surface area contributed by atoms with E-state index in [0.29, 0.717) is 6.54 Å². The van der Waals surface area contributed by atoms with Gasteiger partial charge in [-0.05, 0) is 30.7 Å². The second-order valence-electron chi connectivity index (χ2n) is 4.58. The Morgan fingerprint density at radius 3 is 3.06 bits per heavy atom. The minimum atomic E-state index is 0.0843. The molecule has 1 fully saturated rings. The van der Waals surface area contributed by atoms with Crippen molar-refractivity contribution < 1.29 is 4.79 Å². The van der Waals surface area contributed by atoms with Gasteiger partial charge in [0.05, 0.1) is 0 Å². The second kappa shape index (κ2) is 3.89. The molecule has 1 saturated heterocycles. The first-order chi connectivity index (χ1) is 8.24. The number of nitrogens with zero attached hydrogens (tertiary/aromatic N) is 1. The molecule has 0 radical (unpaired) electrons. The number of rotatable bonds is 1. The van der Waals surface area contributed by atoms with E-state index < -0.39 is 0 Å². The van der Waals surface area contributed by atoms with Crippen molar-refractivity contribution in [2.24, 2.45) is 5.73 Å². The molecule has 1 aromatic carbocycles. The maximum Gasteiger partial charge on any atom is 0.253 e. The molecule has 2 aromatic rings. The molecule has 4 nitrogen and oxygen atoms in total. The van der Waals surface area contributed by atoms with E-state index in [0.717, 1.165) is 29.4 Å². The number of nitrogens with one attached hydrogen (secondary N) is 1. The van der Waals surface area contributed by atoms with Crippen LogP contribution >= 0.6 is 0 Å². The molecule has 0 spiro atoms. The zero-order valence-corrected chi connectivity index (χ0v) is 9.52. The Hall–Kier alpha value is -1.81. The van der Waals surface area contributed by atoms with E-state index in [1.165, 1.54) is 0 Å². The molecule has 1 aromatic heterocycles. The Morgan fingerprint density at radius 1 is 1.41 bits per heavy atom. The van der Waals surface area contributed by atoms with Crippen LogP contribution in [0.15, 0.2) is 30.5 Å². The quantitative estimate of drug-likeness (QED) is 0.775. The summed E-state index contributed by atoms with van der Waals surface area (Å²) in [6.45, 7) is 1.44. The number of aromatic amines is 1. The molecule has 0 saturated carbocycles. The van der Waals surface area contributed by atoms with E-state index in [1.54, 1.807) is 0 Å². The van der Waals surface area contributed by atoms with Crippen LogP contribution in [0.25, 0.3) is 10.9 Å². The number of H-pyrrole nitrogens is 1. The van der Waals surface area contributed by atoms with Crippen molar-refractivity contribution in [1.29, 1.82) is 0 Å².